The number of furan rings is 1. The van der Waals surface area contributed by atoms with Gasteiger partial charge in [-0.3, -0.25) is 19.8 Å². The lowest BCUT2D eigenvalue weighted by Crippen LogP contribution is -2.54. The molecule has 0 radical (unpaired) electrons. The van der Waals surface area contributed by atoms with Gasteiger partial charge < -0.3 is 4.42 Å². The lowest BCUT2D eigenvalue weighted by atomic mass is 9.97. The summed E-state index contributed by atoms with van der Waals surface area (Å²) in [5.74, 6) is -0.167. The quantitative estimate of drug-likeness (QED) is 0.523. The maximum atomic E-state index is 12.5. The van der Waals surface area contributed by atoms with E-state index >= 15 is 0 Å². The Hall–Kier alpha value is -2.63. The monoisotopic (exact) mass is 328 g/mol. The van der Waals surface area contributed by atoms with E-state index in [9.17, 15) is 14.4 Å². The average Bonchev–Trinajstić information content (AvgIpc) is 2.97. The topological polar surface area (TPSA) is 79.6 Å². The highest BCUT2D eigenvalue weighted by Gasteiger charge is 2.35. The van der Waals surface area contributed by atoms with E-state index in [2.05, 4.69) is 11.4 Å². The number of urea groups is 1. The van der Waals surface area contributed by atoms with Gasteiger partial charge in [-0.1, -0.05) is 11.6 Å². The molecule has 0 saturated carbocycles. The number of amides is 4. The minimum atomic E-state index is -0.688. The predicted molar refractivity (Wildman–Crippen MR) is 87.8 cm³/mol. The maximum Gasteiger partial charge on any atom is 0.331 e. The number of carbonyl (C=O) groups excluding carboxylic acids is 3. The fourth-order valence-corrected chi connectivity index (χ4v) is 2.96. The zero-order valence-electron chi connectivity index (χ0n) is 13.6. The van der Waals surface area contributed by atoms with Crippen molar-refractivity contribution in [1.29, 1.82) is 0 Å². The Labute approximate surface area is 140 Å². The Balaban J connectivity index is 1.75. The van der Waals surface area contributed by atoms with Gasteiger partial charge in [-0.25, -0.2) is 4.79 Å². The summed E-state index contributed by atoms with van der Waals surface area (Å²) in [6, 6.07) is 2.77. The van der Waals surface area contributed by atoms with Gasteiger partial charge in [0.2, 0.25) is 0 Å². The second-order valence-corrected chi connectivity index (χ2v) is 6.08. The number of barbiturate groups is 1. The van der Waals surface area contributed by atoms with E-state index in [4.69, 9.17) is 4.42 Å². The number of allylic oxidation sites excluding steroid dienone is 1. The number of carbonyl (C=O) groups is 3. The van der Waals surface area contributed by atoms with Crippen molar-refractivity contribution >= 4 is 23.9 Å². The number of aryl methyl sites for hydroxylation is 1. The van der Waals surface area contributed by atoms with Crippen LogP contribution in [0, 0.1) is 6.92 Å². The van der Waals surface area contributed by atoms with E-state index in [1.165, 1.54) is 18.1 Å². The zero-order valence-corrected chi connectivity index (χ0v) is 13.6. The summed E-state index contributed by atoms with van der Waals surface area (Å²) in [5, 5.41) is 2.22. The van der Waals surface area contributed by atoms with Crippen LogP contribution in [0.4, 0.5) is 4.79 Å². The number of imide groups is 2. The molecule has 2 heterocycles. The third kappa shape index (κ3) is 3.48. The molecule has 1 aliphatic heterocycles. The molecule has 0 atom stereocenters. The fourth-order valence-electron chi connectivity index (χ4n) is 2.96. The van der Waals surface area contributed by atoms with E-state index in [1.54, 1.807) is 19.1 Å². The van der Waals surface area contributed by atoms with Crippen LogP contribution in [0.2, 0.25) is 0 Å². The van der Waals surface area contributed by atoms with Gasteiger partial charge in [0.05, 0.1) is 0 Å². The first-order chi connectivity index (χ1) is 11.5. The highest BCUT2D eigenvalue weighted by Crippen LogP contribution is 2.22. The number of hydrogen-bond donors (Lipinski definition) is 1. The molecule has 1 aromatic rings. The first-order valence-corrected chi connectivity index (χ1v) is 8.18. The van der Waals surface area contributed by atoms with Crippen LogP contribution in [0.3, 0.4) is 0 Å². The molecule has 4 amide bonds. The molecule has 6 nitrogen and oxygen atoms in total. The minimum absolute atomic E-state index is 0.0819. The summed E-state index contributed by atoms with van der Waals surface area (Å²) in [6.07, 6.45) is 8.62. The van der Waals surface area contributed by atoms with E-state index < -0.39 is 17.8 Å². The second-order valence-electron chi connectivity index (χ2n) is 6.08. The predicted octanol–water partition coefficient (Wildman–Crippen LogP) is 2.94. The van der Waals surface area contributed by atoms with Crippen LogP contribution in [-0.4, -0.2) is 29.3 Å². The van der Waals surface area contributed by atoms with Gasteiger partial charge in [-0.2, -0.15) is 0 Å². The van der Waals surface area contributed by atoms with Crippen LogP contribution in [0.5, 0.6) is 0 Å². The Morgan fingerprint density at radius 2 is 2.08 bits per heavy atom. The Morgan fingerprint density at radius 3 is 2.75 bits per heavy atom. The van der Waals surface area contributed by atoms with Crippen LogP contribution in [-0.2, 0) is 9.59 Å². The molecular formula is C18H20N2O4. The zero-order chi connectivity index (χ0) is 17.1. The van der Waals surface area contributed by atoms with Crippen molar-refractivity contribution in [3.05, 3.63) is 40.9 Å². The first kappa shape index (κ1) is 16.2. The van der Waals surface area contributed by atoms with Gasteiger partial charge in [0.1, 0.15) is 17.1 Å². The Morgan fingerprint density at radius 1 is 1.25 bits per heavy atom. The van der Waals surface area contributed by atoms with E-state index in [1.807, 2.05) is 0 Å². The van der Waals surface area contributed by atoms with Crippen molar-refractivity contribution in [2.45, 2.75) is 39.0 Å². The summed E-state index contributed by atoms with van der Waals surface area (Å²) < 4.78 is 5.38. The maximum absolute atomic E-state index is 12.5. The van der Waals surface area contributed by atoms with Gasteiger partial charge in [0, 0.05) is 6.54 Å². The third-order valence-electron chi connectivity index (χ3n) is 4.28. The van der Waals surface area contributed by atoms with Crippen molar-refractivity contribution in [2.24, 2.45) is 0 Å². The fraction of sp³-hybridized carbons (Fsp3) is 0.389. The molecule has 1 N–H and O–H groups in total. The van der Waals surface area contributed by atoms with Crippen LogP contribution in [0.15, 0.2) is 33.8 Å². The van der Waals surface area contributed by atoms with E-state index in [0.717, 1.165) is 24.2 Å². The first-order valence-electron chi connectivity index (χ1n) is 8.18. The molecule has 1 fully saturated rings. The van der Waals surface area contributed by atoms with Crippen molar-refractivity contribution in [3.63, 3.8) is 0 Å². The summed E-state index contributed by atoms with van der Waals surface area (Å²) >= 11 is 0. The molecule has 0 unspecified atom stereocenters. The smallest absolute Gasteiger partial charge is 0.331 e. The van der Waals surface area contributed by atoms with Crippen molar-refractivity contribution in [2.75, 3.05) is 6.54 Å². The average molecular weight is 328 g/mol. The molecule has 126 valence electrons. The summed E-state index contributed by atoms with van der Waals surface area (Å²) in [6.45, 7) is 2.05. The molecular weight excluding hydrogens is 308 g/mol. The molecule has 6 heteroatoms. The summed E-state index contributed by atoms with van der Waals surface area (Å²) in [4.78, 5) is 37.6. The number of nitrogens with one attached hydrogen (secondary N) is 1. The normalized spacial score (nSPS) is 20.4. The molecule has 2 aliphatic rings. The SMILES string of the molecule is Cc1ccc(/C=C2/C(=O)NC(=O)N(CCC3=CCCCC3)C2=O)o1. The lowest BCUT2D eigenvalue weighted by Gasteiger charge is -2.27. The largest absolute Gasteiger partial charge is 0.462 e. The summed E-state index contributed by atoms with van der Waals surface area (Å²) in [5.41, 5.74) is 1.19. The van der Waals surface area contributed by atoms with Crippen molar-refractivity contribution in [1.82, 2.24) is 10.2 Å². The van der Waals surface area contributed by atoms with Crippen molar-refractivity contribution in [3.8, 4) is 0 Å². The molecule has 1 aliphatic carbocycles. The number of nitrogens with zero attached hydrogens (tertiary/aromatic N) is 1. The van der Waals surface area contributed by atoms with Gasteiger partial charge in [-0.05, 0) is 57.2 Å². The van der Waals surface area contributed by atoms with Gasteiger partial charge >= 0.3 is 6.03 Å². The van der Waals surface area contributed by atoms with E-state index in [-0.39, 0.29) is 12.1 Å². The highest BCUT2D eigenvalue weighted by atomic mass is 16.3. The van der Waals surface area contributed by atoms with Gasteiger partial charge in [0.25, 0.3) is 11.8 Å². The highest BCUT2D eigenvalue weighted by molar-refractivity contribution is 6.30. The number of rotatable bonds is 4. The van der Waals surface area contributed by atoms with Crippen LogP contribution >= 0.6 is 0 Å². The van der Waals surface area contributed by atoms with Crippen LogP contribution < -0.4 is 5.32 Å². The second kappa shape index (κ2) is 6.86. The van der Waals surface area contributed by atoms with Crippen LogP contribution in [0.25, 0.3) is 6.08 Å². The molecule has 1 aromatic heterocycles. The summed E-state index contributed by atoms with van der Waals surface area (Å²) in [7, 11) is 0. The Bertz CT molecular complexity index is 742. The molecule has 24 heavy (non-hydrogen) atoms. The van der Waals surface area contributed by atoms with Crippen LogP contribution in [0.1, 0.15) is 43.6 Å². The van der Waals surface area contributed by atoms with Crippen molar-refractivity contribution < 1.29 is 18.8 Å². The van der Waals surface area contributed by atoms with Gasteiger partial charge in [0.15, 0.2) is 0 Å². The van der Waals surface area contributed by atoms with E-state index in [0.29, 0.717) is 17.9 Å². The standard InChI is InChI=1S/C18H20N2O4/c1-12-7-8-14(24-12)11-15-16(21)19-18(23)20(17(15)22)10-9-13-5-3-2-4-6-13/h5,7-8,11H,2-4,6,9-10H2,1H3,(H,19,21,23)/b15-11-. The van der Waals surface area contributed by atoms with Gasteiger partial charge in [-0.15, -0.1) is 0 Å². The molecule has 0 aromatic carbocycles. The lowest BCUT2D eigenvalue weighted by molar-refractivity contribution is -0.130. The minimum Gasteiger partial charge on any atom is -0.462 e. The Kier molecular flexibility index (Phi) is 4.64. The number of hydrogen-bond acceptors (Lipinski definition) is 4. The molecule has 3 rings (SSSR count). The molecule has 1 saturated heterocycles. The third-order valence-corrected chi connectivity index (χ3v) is 4.28. The molecule has 0 bridgehead atoms. The molecule has 0 spiro atoms.